The van der Waals surface area contributed by atoms with Crippen LogP contribution in [-0.2, 0) is 12.8 Å². The van der Waals surface area contributed by atoms with Crippen LogP contribution in [0.15, 0.2) is 18.3 Å². The van der Waals surface area contributed by atoms with Crippen molar-refractivity contribution in [1.29, 1.82) is 0 Å². The largest absolute Gasteiger partial charge is 0.316 e. The molecule has 3 aliphatic carbocycles. The number of likely N-dealkylation sites (N-methyl/N-ethyl adjacent to an activating group) is 1. The summed E-state index contributed by atoms with van der Waals surface area (Å²) in [6.07, 6.45) is 9.60. The zero-order chi connectivity index (χ0) is 21.8. The number of piperazine rings is 1. The molecule has 2 saturated carbocycles. The van der Waals surface area contributed by atoms with Gasteiger partial charge in [-0.2, -0.15) is 5.10 Å². The summed E-state index contributed by atoms with van der Waals surface area (Å²) in [5.74, 6) is 2.12. The first kappa shape index (κ1) is 21.7. The van der Waals surface area contributed by atoms with E-state index in [-0.39, 0.29) is 0 Å². The van der Waals surface area contributed by atoms with Gasteiger partial charge in [0.25, 0.3) is 0 Å². The summed E-state index contributed by atoms with van der Waals surface area (Å²) in [7, 11) is 4.47. The summed E-state index contributed by atoms with van der Waals surface area (Å²) in [4.78, 5) is 5.21. The highest BCUT2D eigenvalue weighted by Crippen LogP contribution is 2.60. The molecule has 2 heterocycles. The lowest BCUT2D eigenvalue weighted by atomic mass is 9.51. The molecule has 2 N–H and O–H groups in total. The van der Waals surface area contributed by atoms with Gasteiger partial charge in [0.15, 0.2) is 0 Å². The summed E-state index contributed by atoms with van der Waals surface area (Å²) in [6, 6.07) is 0.589. The first-order valence-corrected chi connectivity index (χ1v) is 12.6. The van der Waals surface area contributed by atoms with Crippen LogP contribution in [0.3, 0.4) is 0 Å². The molecule has 0 unspecified atom stereocenters. The molecular formula is C26H43N5. The molecule has 5 heteroatoms. The van der Waals surface area contributed by atoms with Gasteiger partial charge in [-0.3, -0.25) is 5.10 Å². The van der Waals surface area contributed by atoms with E-state index in [1.807, 2.05) is 0 Å². The maximum absolute atomic E-state index is 4.50. The monoisotopic (exact) mass is 425 g/mol. The second kappa shape index (κ2) is 8.00. The Balaban J connectivity index is 1.44. The molecule has 0 radical (unpaired) electrons. The molecule has 0 spiro atoms. The maximum atomic E-state index is 4.50. The second-order valence-electron chi connectivity index (χ2n) is 11.7. The number of fused-ring (bicyclic) bond motifs is 2. The van der Waals surface area contributed by atoms with Gasteiger partial charge in [0.1, 0.15) is 0 Å². The van der Waals surface area contributed by atoms with Gasteiger partial charge in [0, 0.05) is 44.5 Å². The van der Waals surface area contributed by atoms with Crippen molar-refractivity contribution < 1.29 is 0 Å². The third kappa shape index (κ3) is 3.52. The lowest BCUT2D eigenvalue weighted by molar-refractivity contribution is -0.0329. The van der Waals surface area contributed by atoms with Crippen LogP contribution in [0, 0.1) is 28.6 Å². The second-order valence-corrected chi connectivity index (χ2v) is 11.7. The molecule has 4 aliphatic rings. The van der Waals surface area contributed by atoms with Crippen molar-refractivity contribution in [2.24, 2.45) is 28.6 Å². The molecule has 0 bridgehead atoms. The molecule has 1 aromatic heterocycles. The van der Waals surface area contributed by atoms with E-state index >= 15 is 0 Å². The Morgan fingerprint density at radius 3 is 2.71 bits per heavy atom. The zero-order valence-corrected chi connectivity index (χ0v) is 20.2. The van der Waals surface area contributed by atoms with Crippen molar-refractivity contribution in [2.45, 2.75) is 58.4 Å². The lowest BCUT2D eigenvalue weighted by Gasteiger charge is -2.56. The number of H-pyrrole nitrogens is 1. The normalized spacial score (nSPS) is 41.9. The van der Waals surface area contributed by atoms with Gasteiger partial charge in [-0.05, 0) is 86.8 Å². The highest BCUT2D eigenvalue weighted by Gasteiger charge is 2.56. The topological polar surface area (TPSA) is 47.2 Å². The SMILES string of the molecule is C=C1CC[C@@H]2[C@H](NC)[C@H]([C@]3(C)Cc4cn[nH]c4C[C@@H]3CN3CCN(C)CC3)CC[C@]12C. The number of aromatic nitrogens is 2. The van der Waals surface area contributed by atoms with Crippen LogP contribution in [0.4, 0.5) is 0 Å². The first-order chi connectivity index (χ1) is 14.8. The number of rotatable bonds is 4. The third-order valence-corrected chi connectivity index (χ3v) is 10.2. The van der Waals surface area contributed by atoms with Crippen LogP contribution < -0.4 is 5.32 Å². The van der Waals surface area contributed by atoms with E-state index in [1.54, 1.807) is 0 Å². The zero-order valence-electron chi connectivity index (χ0n) is 20.2. The third-order valence-electron chi connectivity index (χ3n) is 10.2. The Hall–Kier alpha value is -1.17. The van der Waals surface area contributed by atoms with Crippen LogP contribution in [0.2, 0.25) is 0 Å². The fourth-order valence-corrected chi connectivity index (χ4v) is 7.94. The number of allylic oxidation sites excluding steroid dienone is 1. The van der Waals surface area contributed by atoms with Crippen molar-refractivity contribution in [3.8, 4) is 0 Å². The summed E-state index contributed by atoms with van der Waals surface area (Å²) >= 11 is 0. The van der Waals surface area contributed by atoms with Gasteiger partial charge < -0.3 is 15.1 Å². The van der Waals surface area contributed by atoms with Crippen molar-refractivity contribution in [1.82, 2.24) is 25.3 Å². The van der Waals surface area contributed by atoms with E-state index in [0.29, 0.717) is 28.7 Å². The molecular weight excluding hydrogens is 382 g/mol. The van der Waals surface area contributed by atoms with Crippen molar-refractivity contribution in [2.75, 3.05) is 46.8 Å². The quantitative estimate of drug-likeness (QED) is 0.727. The summed E-state index contributed by atoms with van der Waals surface area (Å²) < 4.78 is 0. The van der Waals surface area contributed by atoms with E-state index in [0.717, 1.165) is 12.3 Å². The van der Waals surface area contributed by atoms with Crippen molar-refractivity contribution in [3.63, 3.8) is 0 Å². The molecule has 31 heavy (non-hydrogen) atoms. The number of hydrogen-bond donors (Lipinski definition) is 2. The molecule has 0 amide bonds. The van der Waals surface area contributed by atoms with E-state index in [2.05, 4.69) is 66.0 Å². The first-order valence-electron chi connectivity index (χ1n) is 12.6. The highest BCUT2D eigenvalue weighted by atomic mass is 15.2. The Bertz CT molecular complexity index is 808. The fourth-order valence-electron chi connectivity index (χ4n) is 7.94. The van der Waals surface area contributed by atoms with Crippen molar-refractivity contribution >= 4 is 0 Å². The van der Waals surface area contributed by atoms with Crippen LogP contribution in [0.25, 0.3) is 0 Å². The number of nitrogens with zero attached hydrogens (tertiary/aromatic N) is 3. The van der Waals surface area contributed by atoms with Gasteiger partial charge in [-0.25, -0.2) is 0 Å². The number of hydrogen-bond acceptors (Lipinski definition) is 4. The number of aromatic amines is 1. The summed E-state index contributed by atoms with van der Waals surface area (Å²) in [5.41, 5.74) is 5.02. The van der Waals surface area contributed by atoms with Gasteiger partial charge in [-0.15, -0.1) is 0 Å². The van der Waals surface area contributed by atoms with Gasteiger partial charge in [-0.1, -0.05) is 26.0 Å². The van der Waals surface area contributed by atoms with Gasteiger partial charge in [0.05, 0.1) is 6.20 Å². The average molecular weight is 426 g/mol. The highest BCUT2D eigenvalue weighted by molar-refractivity contribution is 5.27. The predicted molar refractivity (Wildman–Crippen MR) is 127 cm³/mol. The fraction of sp³-hybridized carbons (Fsp3) is 0.808. The van der Waals surface area contributed by atoms with Gasteiger partial charge in [0.2, 0.25) is 0 Å². The van der Waals surface area contributed by atoms with Crippen LogP contribution in [-0.4, -0.2) is 72.9 Å². The van der Waals surface area contributed by atoms with Crippen LogP contribution in [0.5, 0.6) is 0 Å². The minimum Gasteiger partial charge on any atom is -0.316 e. The average Bonchev–Trinajstić information content (AvgIpc) is 3.32. The molecule has 172 valence electrons. The van der Waals surface area contributed by atoms with E-state index < -0.39 is 0 Å². The van der Waals surface area contributed by atoms with E-state index in [9.17, 15) is 0 Å². The van der Waals surface area contributed by atoms with Crippen molar-refractivity contribution in [3.05, 3.63) is 29.6 Å². The Morgan fingerprint density at radius 1 is 1.19 bits per heavy atom. The molecule has 1 aromatic rings. The van der Waals surface area contributed by atoms with E-state index in [4.69, 9.17) is 0 Å². The molecule has 6 atom stereocenters. The van der Waals surface area contributed by atoms with Gasteiger partial charge >= 0.3 is 0 Å². The minimum atomic E-state index is 0.305. The summed E-state index contributed by atoms with van der Waals surface area (Å²) in [6.45, 7) is 15.7. The molecule has 5 nitrogen and oxygen atoms in total. The molecule has 1 saturated heterocycles. The maximum Gasteiger partial charge on any atom is 0.0522 e. The van der Waals surface area contributed by atoms with Crippen LogP contribution >= 0.6 is 0 Å². The molecule has 1 aliphatic heterocycles. The Morgan fingerprint density at radius 2 is 1.97 bits per heavy atom. The van der Waals surface area contributed by atoms with E-state index in [1.165, 1.54) is 81.7 Å². The Labute approximate surface area is 189 Å². The van der Waals surface area contributed by atoms with Crippen LogP contribution in [0.1, 0.15) is 50.8 Å². The Kier molecular flexibility index (Phi) is 5.59. The molecule has 5 rings (SSSR count). The number of nitrogens with one attached hydrogen (secondary N) is 2. The standard InChI is InChI=1S/C26H43N5/c1-18-6-7-21-24(27-4)22(8-9-25(18,21)2)26(3)15-19-16-28-29-23(19)14-20(26)17-31-12-10-30(5)11-13-31/h16,20-22,24,27H,1,6-15,17H2,2-5H3,(H,28,29)/t20-,21-,22-,24+,25-,26-/m1/s1. The minimum absolute atomic E-state index is 0.305. The molecule has 3 fully saturated rings. The predicted octanol–water partition coefficient (Wildman–Crippen LogP) is 3.35. The smallest absolute Gasteiger partial charge is 0.0522 e. The lowest BCUT2D eigenvalue weighted by Crippen LogP contribution is -2.59. The summed E-state index contributed by atoms with van der Waals surface area (Å²) in [5, 5.41) is 11.6. The molecule has 0 aromatic carbocycles.